The van der Waals surface area contributed by atoms with Gasteiger partial charge in [0.2, 0.25) is 5.91 Å². The standard InChI is InChI=1S/C14H21N3OS.ClH/c1-11(10-19-2)14(18)17-7-6-16-9-13(17)12-4-3-5-15-8-12;/h3-5,8,11,13,16H,6-7,9-10H2,1-2H3;1H. The summed E-state index contributed by atoms with van der Waals surface area (Å²) < 4.78 is 0. The minimum Gasteiger partial charge on any atom is -0.333 e. The van der Waals surface area contributed by atoms with Gasteiger partial charge in [-0.25, -0.2) is 0 Å². The van der Waals surface area contributed by atoms with Crippen molar-refractivity contribution < 1.29 is 4.79 Å². The fourth-order valence-corrected chi connectivity index (χ4v) is 3.09. The van der Waals surface area contributed by atoms with Gasteiger partial charge in [-0.2, -0.15) is 11.8 Å². The average molecular weight is 316 g/mol. The predicted octanol–water partition coefficient (Wildman–Crippen LogP) is 1.98. The molecule has 0 bridgehead atoms. The molecule has 6 heteroatoms. The van der Waals surface area contributed by atoms with Gasteiger partial charge in [-0.15, -0.1) is 12.4 Å². The first kappa shape index (κ1) is 17.3. The molecule has 0 spiro atoms. The van der Waals surface area contributed by atoms with Crippen LogP contribution >= 0.6 is 24.2 Å². The van der Waals surface area contributed by atoms with Crippen molar-refractivity contribution in [2.45, 2.75) is 13.0 Å². The van der Waals surface area contributed by atoms with Crippen molar-refractivity contribution in [3.63, 3.8) is 0 Å². The zero-order valence-corrected chi connectivity index (χ0v) is 13.5. The number of nitrogens with zero attached hydrogens (tertiary/aromatic N) is 2. The van der Waals surface area contributed by atoms with Gasteiger partial charge in [-0.3, -0.25) is 9.78 Å². The number of rotatable bonds is 4. The number of piperazine rings is 1. The number of aromatic nitrogens is 1. The van der Waals surface area contributed by atoms with Gasteiger partial charge in [0.15, 0.2) is 0 Å². The van der Waals surface area contributed by atoms with Crippen LogP contribution in [0.1, 0.15) is 18.5 Å². The SMILES string of the molecule is CSCC(C)C(=O)N1CCNCC1c1cccnc1.Cl. The number of carbonyl (C=O) groups excluding carboxylic acids is 1. The van der Waals surface area contributed by atoms with E-state index in [2.05, 4.69) is 10.3 Å². The second kappa shape index (κ2) is 8.49. The van der Waals surface area contributed by atoms with Gasteiger partial charge in [0.25, 0.3) is 0 Å². The monoisotopic (exact) mass is 315 g/mol. The quantitative estimate of drug-likeness (QED) is 0.923. The van der Waals surface area contributed by atoms with Gasteiger partial charge in [0.05, 0.1) is 6.04 Å². The van der Waals surface area contributed by atoms with Gasteiger partial charge >= 0.3 is 0 Å². The normalized spacial score (nSPS) is 20.1. The maximum atomic E-state index is 12.5. The maximum Gasteiger partial charge on any atom is 0.226 e. The second-order valence-electron chi connectivity index (χ2n) is 4.89. The highest BCUT2D eigenvalue weighted by atomic mass is 35.5. The van der Waals surface area contributed by atoms with Crippen LogP contribution in [0.4, 0.5) is 0 Å². The third kappa shape index (κ3) is 4.11. The van der Waals surface area contributed by atoms with E-state index >= 15 is 0 Å². The average Bonchev–Trinajstić information content (AvgIpc) is 2.47. The molecule has 1 amide bonds. The number of halogens is 1. The van der Waals surface area contributed by atoms with Crippen LogP contribution in [0, 0.1) is 5.92 Å². The summed E-state index contributed by atoms with van der Waals surface area (Å²) in [5.74, 6) is 1.21. The first-order valence-electron chi connectivity index (χ1n) is 6.64. The fourth-order valence-electron chi connectivity index (χ4n) is 2.44. The van der Waals surface area contributed by atoms with Crippen molar-refractivity contribution in [3.05, 3.63) is 30.1 Å². The Balaban J connectivity index is 0.00000200. The Labute approximate surface area is 131 Å². The van der Waals surface area contributed by atoms with Gasteiger partial charge in [-0.05, 0) is 17.9 Å². The zero-order valence-electron chi connectivity index (χ0n) is 11.9. The lowest BCUT2D eigenvalue weighted by molar-refractivity contribution is -0.137. The van der Waals surface area contributed by atoms with Crippen molar-refractivity contribution in [1.29, 1.82) is 0 Å². The molecule has 2 atom stereocenters. The lowest BCUT2D eigenvalue weighted by Crippen LogP contribution is -2.50. The van der Waals surface area contributed by atoms with Crippen LogP contribution in [-0.4, -0.2) is 47.4 Å². The number of nitrogens with one attached hydrogen (secondary N) is 1. The summed E-state index contributed by atoms with van der Waals surface area (Å²) in [5.41, 5.74) is 1.11. The van der Waals surface area contributed by atoms with E-state index < -0.39 is 0 Å². The summed E-state index contributed by atoms with van der Waals surface area (Å²) in [4.78, 5) is 18.7. The highest BCUT2D eigenvalue weighted by molar-refractivity contribution is 7.98. The number of pyridine rings is 1. The predicted molar refractivity (Wildman–Crippen MR) is 86.4 cm³/mol. The molecule has 0 saturated carbocycles. The molecule has 20 heavy (non-hydrogen) atoms. The highest BCUT2D eigenvalue weighted by Crippen LogP contribution is 2.24. The summed E-state index contributed by atoms with van der Waals surface area (Å²) in [6.07, 6.45) is 5.67. The molecule has 2 unspecified atom stereocenters. The lowest BCUT2D eigenvalue weighted by atomic mass is 10.0. The maximum absolute atomic E-state index is 12.5. The molecule has 4 nitrogen and oxygen atoms in total. The molecule has 2 rings (SSSR count). The molecule has 0 aliphatic carbocycles. The molecular weight excluding hydrogens is 294 g/mol. The van der Waals surface area contributed by atoms with Crippen LogP contribution in [0.3, 0.4) is 0 Å². The van der Waals surface area contributed by atoms with Gasteiger partial charge in [0, 0.05) is 43.7 Å². The summed E-state index contributed by atoms with van der Waals surface area (Å²) in [6, 6.07) is 4.08. The van der Waals surface area contributed by atoms with E-state index in [9.17, 15) is 4.79 Å². The molecule has 1 fully saturated rings. The molecule has 0 aromatic carbocycles. The fraction of sp³-hybridized carbons (Fsp3) is 0.571. The van der Waals surface area contributed by atoms with E-state index in [-0.39, 0.29) is 30.3 Å². The first-order chi connectivity index (χ1) is 9.24. The van der Waals surface area contributed by atoms with Gasteiger partial charge in [-0.1, -0.05) is 13.0 Å². The van der Waals surface area contributed by atoms with Crippen LogP contribution in [0.2, 0.25) is 0 Å². The minimum atomic E-state index is 0. The van der Waals surface area contributed by atoms with E-state index in [1.54, 1.807) is 18.0 Å². The van der Waals surface area contributed by atoms with Crippen LogP contribution < -0.4 is 5.32 Å². The molecule has 1 saturated heterocycles. The van der Waals surface area contributed by atoms with E-state index in [0.717, 1.165) is 31.0 Å². The first-order valence-corrected chi connectivity index (χ1v) is 8.03. The lowest BCUT2D eigenvalue weighted by Gasteiger charge is -2.37. The van der Waals surface area contributed by atoms with E-state index in [4.69, 9.17) is 0 Å². The second-order valence-corrected chi connectivity index (χ2v) is 5.80. The molecule has 0 radical (unpaired) electrons. The third-order valence-electron chi connectivity index (χ3n) is 3.43. The summed E-state index contributed by atoms with van der Waals surface area (Å²) in [7, 11) is 0. The number of hydrogen-bond donors (Lipinski definition) is 1. The molecule has 112 valence electrons. The Morgan fingerprint density at radius 3 is 3.10 bits per heavy atom. The Morgan fingerprint density at radius 2 is 2.45 bits per heavy atom. The van der Waals surface area contributed by atoms with Crippen molar-refractivity contribution in [1.82, 2.24) is 15.2 Å². The minimum absolute atomic E-state index is 0. The highest BCUT2D eigenvalue weighted by Gasteiger charge is 2.30. The van der Waals surface area contributed by atoms with E-state index in [0.29, 0.717) is 0 Å². The molecular formula is C14H22ClN3OS. The molecule has 1 N–H and O–H groups in total. The molecule has 1 aliphatic heterocycles. The van der Waals surface area contributed by atoms with Crippen LogP contribution in [0.5, 0.6) is 0 Å². The summed E-state index contributed by atoms with van der Waals surface area (Å²) in [6.45, 7) is 4.47. The molecule has 2 heterocycles. The molecule has 1 aliphatic rings. The van der Waals surface area contributed by atoms with Crippen LogP contribution in [-0.2, 0) is 4.79 Å². The van der Waals surface area contributed by atoms with Gasteiger partial charge in [0.1, 0.15) is 0 Å². The summed E-state index contributed by atoms with van der Waals surface area (Å²) >= 11 is 1.72. The number of thioether (sulfide) groups is 1. The van der Waals surface area contributed by atoms with Crippen molar-refractivity contribution in [3.8, 4) is 0 Å². The smallest absolute Gasteiger partial charge is 0.226 e. The zero-order chi connectivity index (χ0) is 13.7. The largest absolute Gasteiger partial charge is 0.333 e. The number of amides is 1. The Bertz CT molecular complexity index is 418. The van der Waals surface area contributed by atoms with Crippen molar-refractivity contribution >= 4 is 30.1 Å². The number of hydrogen-bond acceptors (Lipinski definition) is 4. The third-order valence-corrected chi connectivity index (χ3v) is 4.27. The van der Waals surface area contributed by atoms with E-state index in [1.807, 2.05) is 36.4 Å². The number of carbonyl (C=O) groups is 1. The van der Waals surface area contributed by atoms with Crippen LogP contribution in [0.25, 0.3) is 0 Å². The van der Waals surface area contributed by atoms with Crippen molar-refractivity contribution in [2.75, 3.05) is 31.6 Å². The Kier molecular flexibility index (Phi) is 7.34. The van der Waals surface area contributed by atoms with Crippen molar-refractivity contribution in [2.24, 2.45) is 5.92 Å². The van der Waals surface area contributed by atoms with Crippen LogP contribution in [0.15, 0.2) is 24.5 Å². The topological polar surface area (TPSA) is 45.2 Å². The molecule has 1 aromatic heterocycles. The Morgan fingerprint density at radius 1 is 1.65 bits per heavy atom. The van der Waals surface area contributed by atoms with E-state index in [1.165, 1.54) is 0 Å². The Hall–Kier alpha value is -0.780. The van der Waals surface area contributed by atoms with Gasteiger partial charge < -0.3 is 10.2 Å². The molecule has 1 aromatic rings. The summed E-state index contributed by atoms with van der Waals surface area (Å²) in [5, 5.41) is 3.36.